The van der Waals surface area contributed by atoms with Gasteiger partial charge < -0.3 is 4.74 Å². The molecule has 0 radical (unpaired) electrons. The largest absolute Gasteiger partial charge is 0.379 e. The lowest BCUT2D eigenvalue weighted by atomic mass is 10.3. The first-order chi connectivity index (χ1) is 13.2. The number of para-hydroxylation sites is 1. The summed E-state index contributed by atoms with van der Waals surface area (Å²) in [5.74, 6) is -0.432. The second-order valence-electron chi connectivity index (χ2n) is 6.32. The van der Waals surface area contributed by atoms with E-state index in [1.807, 2.05) is 23.6 Å². The Kier molecular flexibility index (Phi) is 7.36. The van der Waals surface area contributed by atoms with E-state index in [4.69, 9.17) is 4.74 Å². The number of thiophene rings is 1. The van der Waals surface area contributed by atoms with Crippen molar-refractivity contribution in [2.24, 2.45) is 0 Å². The predicted octanol–water partition coefficient (Wildman–Crippen LogP) is 4.29. The number of rotatable bonds is 6. The van der Waals surface area contributed by atoms with Crippen molar-refractivity contribution in [2.45, 2.75) is 6.42 Å². The van der Waals surface area contributed by atoms with Gasteiger partial charge in [-0.2, -0.15) is 0 Å². The molecule has 150 valence electrons. The minimum atomic E-state index is -0.355. The zero-order valence-corrected chi connectivity index (χ0v) is 17.6. The average Bonchev–Trinajstić information content (AvgIpc) is 3.36. The normalized spacial score (nSPS) is 14.8. The van der Waals surface area contributed by atoms with E-state index >= 15 is 0 Å². The highest BCUT2D eigenvalue weighted by Gasteiger charge is 2.23. The molecular weight excluding hydrogens is 421 g/mol. The van der Waals surface area contributed by atoms with Gasteiger partial charge in [0, 0.05) is 26.2 Å². The number of amides is 1. The fourth-order valence-corrected chi connectivity index (χ4v) is 4.79. The molecule has 2 aromatic heterocycles. The van der Waals surface area contributed by atoms with Crippen LogP contribution in [0.5, 0.6) is 0 Å². The predicted molar refractivity (Wildman–Crippen MR) is 115 cm³/mol. The maximum Gasteiger partial charge on any atom is 0.270 e. The molecule has 1 aliphatic rings. The number of fused-ring (bicyclic) bond motifs is 1. The lowest BCUT2D eigenvalue weighted by Gasteiger charge is -2.27. The van der Waals surface area contributed by atoms with Crippen LogP contribution in [-0.4, -0.2) is 55.2 Å². The average molecular weight is 442 g/mol. The van der Waals surface area contributed by atoms with Crippen LogP contribution in [0.4, 0.5) is 9.52 Å². The van der Waals surface area contributed by atoms with Crippen molar-refractivity contribution < 1.29 is 13.9 Å². The molecule has 4 rings (SSSR count). The standard InChI is InChI=1S/C19H20FN3O2S2.ClH/c20-14-4-1-5-15-17(14)21-19(27-15)23(18(24)16-6-2-13-26-16)8-3-7-22-9-11-25-12-10-22;/h1-2,4-6,13H,3,7-12H2;1H. The second-order valence-corrected chi connectivity index (χ2v) is 8.28. The van der Waals surface area contributed by atoms with E-state index in [1.165, 1.54) is 28.7 Å². The van der Waals surface area contributed by atoms with Gasteiger partial charge in [0.2, 0.25) is 0 Å². The van der Waals surface area contributed by atoms with E-state index in [0.717, 1.165) is 44.0 Å². The van der Waals surface area contributed by atoms with Gasteiger partial charge in [-0.25, -0.2) is 9.37 Å². The number of aromatic nitrogens is 1. The van der Waals surface area contributed by atoms with Gasteiger partial charge in [-0.3, -0.25) is 14.6 Å². The third kappa shape index (κ3) is 4.69. The molecule has 0 saturated carbocycles. The molecule has 1 amide bonds. The first kappa shape index (κ1) is 21.1. The second kappa shape index (κ2) is 9.76. The van der Waals surface area contributed by atoms with Crippen molar-refractivity contribution in [2.75, 3.05) is 44.3 Å². The zero-order chi connectivity index (χ0) is 18.6. The van der Waals surface area contributed by atoms with E-state index in [9.17, 15) is 9.18 Å². The molecule has 0 bridgehead atoms. The summed E-state index contributed by atoms with van der Waals surface area (Å²) in [6.45, 7) is 4.81. The van der Waals surface area contributed by atoms with Gasteiger partial charge in [0.05, 0.1) is 22.8 Å². The number of benzene rings is 1. The van der Waals surface area contributed by atoms with Gasteiger partial charge in [0.1, 0.15) is 11.3 Å². The Hall–Kier alpha value is -1.58. The summed E-state index contributed by atoms with van der Waals surface area (Å²) >= 11 is 2.77. The molecule has 28 heavy (non-hydrogen) atoms. The van der Waals surface area contributed by atoms with Gasteiger partial charge >= 0.3 is 0 Å². The monoisotopic (exact) mass is 441 g/mol. The Labute approximate surface area is 177 Å². The number of hydrogen-bond donors (Lipinski definition) is 0. The number of hydrogen-bond acceptors (Lipinski definition) is 6. The topological polar surface area (TPSA) is 45.7 Å². The number of halogens is 2. The van der Waals surface area contributed by atoms with Gasteiger partial charge in [0.15, 0.2) is 5.13 Å². The molecule has 0 atom stereocenters. The van der Waals surface area contributed by atoms with E-state index in [2.05, 4.69) is 9.88 Å². The van der Waals surface area contributed by atoms with Gasteiger partial charge in [-0.1, -0.05) is 23.5 Å². The molecule has 1 aromatic carbocycles. The van der Waals surface area contributed by atoms with Crippen molar-refractivity contribution in [3.05, 3.63) is 46.4 Å². The summed E-state index contributed by atoms with van der Waals surface area (Å²) in [5.41, 5.74) is 0.328. The maximum absolute atomic E-state index is 14.1. The van der Waals surface area contributed by atoms with Crippen LogP contribution in [0.1, 0.15) is 16.1 Å². The fourth-order valence-electron chi connectivity index (χ4n) is 3.11. The SMILES string of the molecule is Cl.O=C(c1cccs1)N(CCCN1CCOCC1)c1nc2c(F)cccc2s1. The van der Waals surface area contributed by atoms with Crippen LogP contribution in [0.25, 0.3) is 10.2 Å². The third-order valence-corrected chi connectivity index (χ3v) is 6.43. The Morgan fingerprint density at radius 1 is 1.25 bits per heavy atom. The van der Waals surface area contributed by atoms with Crippen LogP contribution < -0.4 is 4.90 Å². The van der Waals surface area contributed by atoms with E-state index in [1.54, 1.807) is 11.0 Å². The molecule has 0 unspecified atom stereocenters. The van der Waals surface area contributed by atoms with Crippen LogP contribution >= 0.6 is 35.1 Å². The number of anilines is 1. The molecule has 0 aliphatic carbocycles. The summed E-state index contributed by atoms with van der Waals surface area (Å²) < 4.78 is 20.2. The molecule has 5 nitrogen and oxygen atoms in total. The summed E-state index contributed by atoms with van der Waals surface area (Å²) in [6.07, 6.45) is 0.829. The summed E-state index contributed by atoms with van der Waals surface area (Å²) in [5, 5.41) is 2.44. The van der Waals surface area contributed by atoms with Gasteiger partial charge in [-0.15, -0.1) is 23.7 Å². The highest BCUT2D eigenvalue weighted by Crippen LogP contribution is 2.31. The summed E-state index contributed by atoms with van der Waals surface area (Å²) in [7, 11) is 0. The molecule has 1 aliphatic heterocycles. The van der Waals surface area contributed by atoms with Crippen molar-refractivity contribution in [1.82, 2.24) is 9.88 Å². The number of thiazole rings is 1. The molecule has 3 aromatic rings. The number of carbonyl (C=O) groups excluding carboxylic acids is 1. The minimum absolute atomic E-state index is 0. The smallest absolute Gasteiger partial charge is 0.270 e. The fraction of sp³-hybridized carbons (Fsp3) is 0.368. The van der Waals surface area contributed by atoms with Crippen LogP contribution in [0.2, 0.25) is 0 Å². The Balaban J connectivity index is 0.00000225. The number of ether oxygens (including phenoxy) is 1. The summed E-state index contributed by atoms with van der Waals surface area (Å²) in [4.78, 5) is 22.2. The molecule has 0 N–H and O–H groups in total. The summed E-state index contributed by atoms with van der Waals surface area (Å²) in [6, 6.07) is 8.58. The van der Waals surface area contributed by atoms with Crippen molar-refractivity contribution in [3.63, 3.8) is 0 Å². The number of carbonyl (C=O) groups is 1. The molecule has 1 saturated heterocycles. The first-order valence-corrected chi connectivity index (χ1v) is 10.6. The van der Waals surface area contributed by atoms with Crippen molar-refractivity contribution in [3.8, 4) is 0 Å². The Bertz CT molecular complexity index is 913. The van der Waals surface area contributed by atoms with Gasteiger partial charge in [0.25, 0.3) is 5.91 Å². The molecule has 9 heteroatoms. The molecule has 3 heterocycles. The van der Waals surface area contributed by atoms with Crippen molar-refractivity contribution >= 4 is 56.3 Å². The highest BCUT2D eigenvalue weighted by molar-refractivity contribution is 7.22. The number of morpholine rings is 1. The Morgan fingerprint density at radius 2 is 2.07 bits per heavy atom. The van der Waals surface area contributed by atoms with Crippen LogP contribution in [0.15, 0.2) is 35.7 Å². The molecule has 0 spiro atoms. The first-order valence-electron chi connectivity index (χ1n) is 8.93. The van der Waals surface area contributed by atoms with Crippen LogP contribution in [0, 0.1) is 5.82 Å². The van der Waals surface area contributed by atoms with Crippen LogP contribution in [0.3, 0.4) is 0 Å². The molecule has 1 fully saturated rings. The third-order valence-electron chi connectivity index (χ3n) is 4.53. The number of nitrogens with zero attached hydrogens (tertiary/aromatic N) is 3. The Morgan fingerprint density at radius 3 is 2.79 bits per heavy atom. The zero-order valence-electron chi connectivity index (χ0n) is 15.2. The highest BCUT2D eigenvalue weighted by atomic mass is 35.5. The van der Waals surface area contributed by atoms with E-state index in [0.29, 0.717) is 22.1 Å². The van der Waals surface area contributed by atoms with Gasteiger partial charge in [-0.05, 0) is 30.0 Å². The van der Waals surface area contributed by atoms with E-state index in [-0.39, 0.29) is 24.1 Å². The van der Waals surface area contributed by atoms with Crippen LogP contribution in [-0.2, 0) is 4.74 Å². The van der Waals surface area contributed by atoms with Crippen molar-refractivity contribution in [1.29, 1.82) is 0 Å². The minimum Gasteiger partial charge on any atom is -0.379 e. The lowest BCUT2D eigenvalue weighted by Crippen LogP contribution is -2.39. The lowest BCUT2D eigenvalue weighted by molar-refractivity contribution is 0.0376. The van der Waals surface area contributed by atoms with E-state index < -0.39 is 0 Å². The maximum atomic E-state index is 14.1. The quantitative estimate of drug-likeness (QED) is 0.572. The molecular formula is C19H21ClFN3O2S2.